The summed E-state index contributed by atoms with van der Waals surface area (Å²) in [4.78, 5) is 16.6. The number of rotatable bonds is 5. The molecule has 2 aromatic carbocycles. The SMILES string of the molecule is O=C(CN1CCN(Cc2ccc3c(c2)OCO3)CC1)Nc1cccc(F)c1. The van der Waals surface area contributed by atoms with Gasteiger partial charge in [-0.3, -0.25) is 14.6 Å². The molecule has 0 saturated carbocycles. The van der Waals surface area contributed by atoms with Gasteiger partial charge in [-0.15, -0.1) is 0 Å². The molecule has 2 heterocycles. The van der Waals surface area contributed by atoms with Gasteiger partial charge < -0.3 is 14.8 Å². The van der Waals surface area contributed by atoms with E-state index in [2.05, 4.69) is 21.2 Å². The molecule has 2 aliphatic rings. The number of hydrogen-bond acceptors (Lipinski definition) is 5. The second-order valence-corrected chi connectivity index (χ2v) is 6.80. The number of piperazine rings is 1. The van der Waals surface area contributed by atoms with Crippen LogP contribution in [0.1, 0.15) is 5.56 Å². The number of carbonyl (C=O) groups is 1. The number of amides is 1. The molecule has 1 amide bonds. The number of anilines is 1. The third-order valence-electron chi connectivity index (χ3n) is 4.78. The van der Waals surface area contributed by atoms with Gasteiger partial charge in [-0.2, -0.15) is 0 Å². The normalized spacial score (nSPS) is 17.1. The van der Waals surface area contributed by atoms with Crippen LogP contribution in [0.4, 0.5) is 10.1 Å². The van der Waals surface area contributed by atoms with Crippen LogP contribution in [0, 0.1) is 5.82 Å². The molecule has 0 aromatic heterocycles. The molecule has 0 unspecified atom stereocenters. The number of carbonyl (C=O) groups excluding carboxylic acids is 1. The second kappa shape index (κ2) is 7.94. The fourth-order valence-electron chi connectivity index (χ4n) is 3.37. The maximum absolute atomic E-state index is 13.2. The molecular weight excluding hydrogens is 349 g/mol. The van der Waals surface area contributed by atoms with Crippen molar-refractivity contribution in [2.75, 3.05) is 44.8 Å². The van der Waals surface area contributed by atoms with E-state index in [0.29, 0.717) is 12.2 Å². The molecular formula is C20H22FN3O3. The Morgan fingerprint density at radius 1 is 1.00 bits per heavy atom. The molecule has 2 aliphatic heterocycles. The molecule has 1 saturated heterocycles. The summed E-state index contributed by atoms with van der Waals surface area (Å²) in [6, 6.07) is 12.0. The van der Waals surface area contributed by atoms with Crippen molar-refractivity contribution in [3.05, 3.63) is 53.8 Å². The first-order valence-electron chi connectivity index (χ1n) is 9.04. The van der Waals surface area contributed by atoms with E-state index in [1.165, 1.54) is 17.7 Å². The van der Waals surface area contributed by atoms with Crippen molar-refractivity contribution in [3.8, 4) is 11.5 Å². The highest BCUT2D eigenvalue weighted by molar-refractivity contribution is 5.92. The van der Waals surface area contributed by atoms with Crippen LogP contribution in [0.3, 0.4) is 0 Å². The van der Waals surface area contributed by atoms with Crippen molar-refractivity contribution < 1.29 is 18.7 Å². The Bertz CT molecular complexity index is 822. The molecule has 4 rings (SSSR count). The van der Waals surface area contributed by atoms with E-state index in [9.17, 15) is 9.18 Å². The lowest BCUT2D eigenvalue weighted by Gasteiger charge is -2.34. The standard InChI is InChI=1S/C20H22FN3O3/c21-16-2-1-3-17(11-16)22-20(25)13-24-8-6-23(7-9-24)12-15-4-5-18-19(10-15)27-14-26-18/h1-5,10-11H,6-9,12-14H2,(H,22,25). The summed E-state index contributed by atoms with van der Waals surface area (Å²) in [5, 5.41) is 2.75. The number of ether oxygens (including phenoxy) is 2. The summed E-state index contributed by atoms with van der Waals surface area (Å²) < 4.78 is 24.0. The minimum absolute atomic E-state index is 0.121. The van der Waals surface area contributed by atoms with Crippen LogP contribution < -0.4 is 14.8 Å². The molecule has 7 heteroatoms. The Labute approximate surface area is 157 Å². The predicted octanol–water partition coefficient (Wildman–Crippen LogP) is 2.31. The van der Waals surface area contributed by atoms with Crippen molar-refractivity contribution in [3.63, 3.8) is 0 Å². The van der Waals surface area contributed by atoms with Crippen LogP contribution >= 0.6 is 0 Å². The molecule has 6 nitrogen and oxygen atoms in total. The van der Waals surface area contributed by atoms with E-state index in [4.69, 9.17) is 9.47 Å². The monoisotopic (exact) mass is 371 g/mol. The number of nitrogens with one attached hydrogen (secondary N) is 1. The molecule has 142 valence electrons. The smallest absolute Gasteiger partial charge is 0.238 e. The first kappa shape index (κ1) is 17.8. The van der Waals surface area contributed by atoms with E-state index in [0.717, 1.165) is 44.2 Å². The minimum Gasteiger partial charge on any atom is -0.454 e. The minimum atomic E-state index is -0.357. The predicted molar refractivity (Wildman–Crippen MR) is 99.3 cm³/mol. The van der Waals surface area contributed by atoms with Gasteiger partial charge >= 0.3 is 0 Å². The average molecular weight is 371 g/mol. The van der Waals surface area contributed by atoms with Crippen molar-refractivity contribution in [1.29, 1.82) is 0 Å². The third-order valence-corrected chi connectivity index (χ3v) is 4.78. The number of halogens is 1. The van der Waals surface area contributed by atoms with E-state index in [1.54, 1.807) is 12.1 Å². The molecule has 0 radical (unpaired) electrons. The van der Waals surface area contributed by atoms with Gasteiger partial charge in [-0.1, -0.05) is 12.1 Å². The maximum Gasteiger partial charge on any atom is 0.238 e. The molecule has 0 atom stereocenters. The van der Waals surface area contributed by atoms with Gasteiger partial charge in [0.25, 0.3) is 0 Å². The first-order valence-corrected chi connectivity index (χ1v) is 9.04. The topological polar surface area (TPSA) is 54.0 Å². The fraction of sp³-hybridized carbons (Fsp3) is 0.350. The summed E-state index contributed by atoms with van der Waals surface area (Å²) in [6.07, 6.45) is 0. The Morgan fingerprint density at radius 2 is 1.78 bits per heavy atom. The number of hydrogen-bond donors (Lipinski definition) is 1. The zero-order chi connectivity index (χ0) is 18.6. The van der Waals surface area contributed by atoms with Crippen molar-refractivity contribution >= 4 is 11.6 Å². The van der Waals surface area contributed by atoms with Gasteiger partial charge in [0.05, 0.1) is 6.54 Å². The molecule has 1 fully saturated rings. The quantitative estimate of drug-likeness (QED) is 0.874. The summed E-state index contributed by atoms with van der Waals surface area (Å²) in [6.45, 7) is 4.87. The van der Waals surface area contributed by atoms with Gasteiger partial charge in [0.15, 0.2) is 11.5 Å². The molecule has 0 aliphatic carbocycles. The number of benzene rings is 2. The zero-order valence-electron chi connectivity index (χ0n) is 15.0. The highest BCUT2D eigenvalue weighted by Crippen LogP contribution is 2.32. The summed E-state index contributed by atoms with van der Waals surface area (Å²) in [7, 11) is 0. The van der Waals surface area contributed by atoms with Crippen LogP contribution in [0.2, 0.25) is 0 Å². The van der Waals surface area contributed by atoms with Gasteiger partial charge in [0.1, 0.15) is 5.82 Å². The van der Waals surface area contributed by atoms with Crippen molar-refractivity contribution in [1.82, 2.24) is 9.80 Å². The molecule has 0 spiro atoms. The first-order chi connectivity index (χ1) is 13.2. The van der Waals surface area contributed by atoms with E-state index >= 15 is 0 Å². The van der Waals surface area contributed by atoms with Crippen LogP contribution in [-0.2, 0) is 11.3 Å². The molecule has 27 heavy (non-hydrogen) atoms. The Balaban J connectivity index is 1.23. The van der Waals surface area contributed by atoms with Crippen LogP contribution in [-0.4, -0.2) is 55.2 Å². The summed E-state index contributed by atoms with van der Waals surface area (Å²) in [5.41, 5.74) is 1.68. The highest BCUT2D eigenvalue weighted by Gasteiger charge is 2.20. The highest BCUT2D eigenvalue weighted by atomic mass is 19.1. The van der Waals surface area contributed by atoms with Crippen LogP contribution in [0.5, 0.6) is 11.5 Å². The zero-order valence-corrected chi connectivity index (χ0v) is 15.0. The van der Waals surface area contributed by atoms with Crippen LogP contribution in [0.25, 0.3) is 0 Å². The van der Waals surface area contributed by atoms with Gasteiger partial charge in [-0.05, 0) is 35.9 Å². The second-order valence-electron chi connectivity index (χ2n) is 6.80. The van der Waals surface area contributed by atoms with E-state index in [-0.39, 0.29) is 18.5 Å². The Kier molecular flexibility index (Phi) is 5.22. The largest absolute Gasteiger partial charge is 0.454 e. The number of nitrogens with zero attached hydrogens (tertiary/aromatic N) is 2. The Hall–Kier alpha value is -2.64. The van der Waals surface area contributed by atoms with Gasteiger partial charge in [0.2, 0.25) is 12.7 Å². The van der Waals surface area contributed by atoms with E-state index < -0.39 is 0 Å². The fourth-order valence-corrected chi connectivity index (χ4v) is 3.37. The average Bonchev–Trinajstić information content (AvgIpc) is 3.11. The Morgan fingerprint density at radius 3 is 2.59 bits per heavy atom. The lowest BCUT2D eigenvalue weighted by atomic mass is 10.1. The lowest BCUT2D eigenvalue weighted by molar-refractivity contribution is -0.117. The van der Waals surface area contributed by atoms with Gasteiger partial charge in [-0.25, -0.2) is 4.39 Å². The van der Waals surface area contributed by atoms with Crippen molar-refractivity contribution in [2.24, 2.45) is 0 Å². The third kappa shape index (κ3) is 4.56. The molecule has 1 N–H and O–H groups in total. The molecule has 0 bridgehead atoms. The van der Waals surface area contributed by atoms with E-state index in [1.807, 2.05) is 12.1 Å². The van der Waals surface area contributed by atoms with Crippen molar-refractivity contribution in [2.45, 2.75) is 6.54 Å². The molecule has 2 aromatic rings. The number of fused-ring (bicyclic) bond motifs is 1. The van der Waals surface area contributed by atoms with Gasteiger partial charge in [0, 0.05) is 38.4 Å². The summed E-state index contributed by atoms with van der Waals surface area (Å²) in [5.74, 6) is 1.13. The maximum atomic E-state index is 13.2. The lowest BCUT2D eigenvalue weighted by Crippen LogP contribution is -2.48. The van der Waals surface area contributed by atoms with Crippen LogP contribution in [0.15, 0.2) is 42.5 Å². The summed E-state index contributed by atoms with van der Waals surface area (Å²) >= 11 is 0.